The molecule has 3 heterocycles. The SMILES string of the molecule is O=C(c1cnc(N2CCOCC2)nc1)N1CCSCC1. The molecule has 0 aliphatic carbocycles. The van der Waals surface area contributed by atoms with Gasteiger partial charge < -0.3 is 14.5 Å². The number of rotatable bonds is 2. The summed E-state index contributed by atoms with van der Waals surface area (Å²) in [6.07, 6.45) is 3.28. The molecule has 0 unspecified atom stereocenters. The van der Waals surface area contributed by atoms with Crippen LogP contribution in [-0.4, -0.2) is 71.7 Å². The highest BCUT2D eigenvalue weighted by atomic mass is 32.2. The van der Waals surface area contributed by atoms with Gasteiger partial charge in [0.25, 0.3) is 5.91 Å². The highest BCUT2D eigenvalue weighted by Gasteiger charge is 2.20. The van der Waals surface area contributed by atoms with Crippen molar-refractivity contribution in [2.45, 2.75) is 0 Å². The Morgan fingerprint density at radius 3 is 2.40 bits per heavy atom. The molecule has 0 bridgehead atoms. The molecule has 2 fully saturated rings. The van der Waals surface area contributed by atoms with Gasteiger partial charge in [0.2, 0.25) is 5.95 Å². The average molecular weight is 294 g/mol. The normalized spacial score (nSPS) is 20.0. The second kappa shape index (κ2) is 6.41. The van der Waals surface area contributed by atoms with Crippen LogP contribution in [0.5, 0.6) is 0 Å². The van der Waals surface area contributed by atoms with Crippen molar-refractivity contribution in [3.8, 4) is 0 Å². The number of carbonyl (C=O) groups is 1. The van der Waals surface area contributed by atoms with Gasteiger partial charge in [-0.15, -0.1) is 0 Å². The maximum atomic E-state index is 12.3. The predicted molar refractivity (Wildman–Crippen MR) is 78.3 cm³/mol. The van der Waals surface area contributed by atoms with Crippen LogP contribution >= 0.6 is 11.8 Å². The first-order valence-electron chi connectivity index (χ1n) is 6.86. The number of ether oxygens (including phenoxy) is 1. The van der Waals surface area contributed by atoms with Crippen molar-refractivity contribution in [2.75, 3.05) is 55.8 Å². The van der Waals surface area contributed by atoms with Crippen LogP contribution < -0.4 is 4.90 Å². The number of morpholine rings is 1. The van der Waals surface area contributed by atoms with Crippen molar-refractivity contribution in [1.82, 2.24) is 14.9 Å². The summed E-state index contributed by atoms with van der Waals surface area (Å²) in [7, 11) is 0. The zero-order valence-corrected chi connectivity index (χ0v) is 12.1. The highest BCUT2D eigenvalue weighted by Crippen LogP contribution is 2.14. The Hall–Kier alpha value is -1.34. The molecule has 0 aromatic carbocycles. The topological polar surface area (TPSA) is 58.6 Å². The summed E-state index contributed by atoms with van der Waals surface area (Å²) in [5.74, 6) is 2.74. The van der Waals surface area contributed by atoms with Crippen molar-refractivity contribution >= 4 is 23.6 Å². The summed E-state index contributed by atoms with van der Waals surface area (Å²) in [5, 5.41) is 0. The first kappa shape index (κ1) is 13.6. The Morgan fingerprint density at radius 2 is 1.75 bits per heavy atom. The number of hydrogen-bond acceptors (Lipinski definition) is 6. The molecule has 0 N–H and O–H groups in total. The second-order valence-electron chi connectivity index (χ2n) is 4.78. The summed E-state index contributed by atoms with van der Waals surface area (Å²) in [4.78, 5) is 24.9. The Bertz CT molecular complexity index is 456. The van der Waals surface area contributed by atoms with E-state index in [0.717, 1.165) is 37.7 Å². The predicted octanol–water partition coefficient (Wildman–Crippen LogP) is 0.502. The van der Waals surface area contributed by atoms with E-state index < -0.39 is 0 Å². The third-order valence-electron chi connectivity index (χ3n) is 3.48. The lowest BCUT2D eigenvalue weighted by Gasteiger charge is -2.27. The van der Waals surface area contributed by atoms with Gasteiger partial charge in [-0.1, -0.05) is 0 Å². The van der Waals surface area contributed by atoms with E-state index >= 15 is 0 Å². The molecule has 0 atom stereocenters. The lowest BCUT2D eigenvalue weighted by atomic mass is 10.3. The van der Waals surface area contributed by atoms with E-state index in [2.05, 4.69) is 14.9 Å². The van der Waals surface area contributed by atoms with Gasteiger partial charge in [0.05, 0.1) is 18.8 Å². The third-order valence-corrected chi connectivity index (χ3v) is 4.42. The number of aromatic nitrogens is 2. The molecule has 1 aromatic rings. The molecule has 0 spiro atoms. The molecular weight excluding hydrogens is 276 g/mol. The van der Waals surface area contributed by atoms with Crippen LogP contribution in [0.2, 0.25) is 0 Å². The summed E-state index contributed by atoms with van der Waals surface area (Å²) >= 11 is 1.89. The molecule has 3 rings (SSSR count). The molecule has 2 aliphatic rings. The van der Waals surface area contributed by atoms with E-state index in [-0.39, 0.29) is 5.91 Å². The number of thioether (sulfide) groups is 1. The van der Waals surface area contributed by atoms with Crippen molar-refractivity contribution in [1.29, 1.82) is 0 Å². The van der Waals surface area contributed by atoms with E-state index in [9.17, 15) is 4.79 Å². The fourth-order valence-electron chi connectivity index (χ4n) is 2.31. The van der Waals surface area contributed by atoms with Gasteiger partial charge in [-0.2, -0.15) is 11.8 Å². The smallest absolute Gasteiger partial charge is 0.257 e. The minimum atomic E-state index is 0.0406. The average Bonchev–Trinajstić information content (AvgIpc) is 2.56. The van der Waals surface area contributed by atoms with Gasteiger partial charge in [0, 0.05) is 50.1 Å². The van der Waals surface area contributed by atoms with Crippen LogP contribution in [0, 0.1) is 0 Å². The quantitative estimate of drug-likeness (QED) is 0.792. The van der Waals surface area contributed by atoms with Crippen molar-refractivity contribution in [3.05, 3.63) is 18.0 Å². The monoisotopic (exact) mass is 294 g/mol. The van der Waals surface area contributed by atoms with Crippen molar-refractivity contribution in [3.63, 3.8) is 0 Å². The standard InChI is InChI=1S/C13H18N4O2S/c18-12(16-3-7-20-8-4-16)11-9-14-13(15-10-11)17-1-5-19-6-2-17/h9-10H,1-8H2. The number of hydrogen-bond donors (Lipinski definition) is 0. The van der Waals surface area contributed by atoms with Crippen LogP contribution in [0.4, 0.5) is 5.95 Å². The lowest BCUT2D eigenvalue weighted by molar-refractivity contribution is 0.0771. The Morgan fingerprint density at radius 1 is 1.10 bits per heavy atom. The molecule has 108 valence electrons. The number of amides is 1. The molecular formula is C13H18N4O2S. The van der Waals surface area contributed by atoms with E-state index in [4.69, 9.17) is 4.74 Å². The van der Waals surface area contributed by atoms with E-state index in [0.29, 0.717) is 24.7 Å². The zero-order chi connectivity index (χ0) is 13.8. The van der Waals surface area contributed by atoms with Gasteiger partial charge >= 0.3 is 0 Å². The molecule has 2 aliphatic heterocycles. The van der Waals surface area contributed by atoms with Gasteiger partial charge in [-0.25, -0.2) is 9.97 Å². The summed E-state index contributed by atoms with van der Waals surface area (Å²) in [6.45, 7) is 4.64. The molecule has 1 amide bonds. The summed E-state index contributed by atoms with van der Waals surface area (Å²) in [6, 6.07) is 0. The largest absolute Gasteiger partial charge is 0.378 e. The number of anilines is 1. The summed E-state index contributed by atoms with van der Waals surface area (Å²) in [5.41, 5.74) is 0.578. The highest BCUT2D eigenvalue weighted by molar-refractivity contribution is 7.99. The van der Waals surface area contributed by atoms with Gasteiger partial charge in [0.1, 0.15) is 0 Å². The maximum Gasteiger partial charge on any atom is 0.257 e. The van der Waals surface area contributed by atoms with Gasteiger partial charge in [-0.3, -0.25) is 4.79 Å². The third kappa shape index (κ3) is 3.04. The first-order chi connectivity index (χ1) is 9.84. The number of carbonyl (C=O) groups excluding carboxylic acids is 1. The molecule has 20 heavy (non-hydrogen) atoms. The van der Waals surface area contributed by atoms with Crippen LogP contribution in [0.1, 0.15) is 10.4 Å². The molecule has 1 aromatic heterocycles. The maximum absolute atomic E-state index is 12.3. The second-order valence-corrected chi connectivity index (χ2v) is 6.00. The van der Waals surface area contributed by atoms with E-state index in [1.807, 2.05) is 16.7 Å². The van der Waals surface area contributed by atoms with Crippen LogP contribution in [0.3, 0.4) is 0 Å². The zero-order valence-electron chi connectivity index (χ0n) is 11.3. The van der Waals surface area contributed by atoms with Crippen LogP contribution in [0.25, 0.3) is 0 Å². The van der Waals surface area contributed by atoms with Crippen molar-refractivity contribution < 1.29 is 9.53 Å². The minimum Gasteiger partial charge on any atom is -0.378 e. The summed E-state index contributed by atoms with van der Waals surface area (Å²) < 4.78 is 5.30. The Labute approximate surface area is 122 Å². The van der Waals surface area contributed by atoms with Crippen molar-refractivity contribution in [2.24, 2.45) is 0 Å². The van der Waals surface area contributed by atoms with Gasteiger partial charge in [0.15, 0.2) is 0 Å². The molecule has 0 saturated carbocycles. The number of nitrogens with zero attached hydrogens (tertiary/aromatic N) is 4. The molecule has 2 saturated heterocycles. The lowest BCUT2D eigenvalue weighted by Crippen LogP contribution is -2.39. The molecule has 6 nitrogen and oxygen atoms in total. The van der Waals surface area contributed by atoms with Crippen LogP contribution in [0.15, 0.2) is 12.4 Å². The molecule has 7 heteroatoms. The Balaban J connectivity index is 1.67. The van der Waals surface area contributed by atoms with Gasteiger partial charge in [-0.05, 0) is 0 Å². The minimum absolute atomic E-state index is 0.0406. The fraction of sp³-hybridized carbons (Fsp3) is 0.615. The fourth-order valence-corrected chi connectivity index (χ4v) is 3.21. The first-order valence-corrected chi connectivity index (χ1v) is 8.02. The van der Waals surface area contributed by atoms with E-state index in [1.165, 1.54) is 0 Å². The molecule has 0 radical (unpaired) electrons. The van der Waals surface area contributed by atoms with E-state index in [1.54, 1.807) is 12.4 Å². The Kier molecular flexibility index (Phi) is 4.37. The van der Waals surface area contributed by atoms with Crippen LogP contribution in [-0.2, 0) is 4.74 Å².